The van der Waals surface area contributed by atoms with Crippen molar-refractivity contribution in [3.63, 3.8) is 0 Å². The van der Waals surface area contributed by atoms with Crippen molar-refractivity contribution in [3.8, 4) is 0 Å². The number of carbonyl (C=O) groups is 2. The molecular weight excluding hydrogens is 328 g/mol. The number of anilines is 1. The Balaban J connectivity index is 1.53. The van der Waals surface area contributed by atoms with Gasteiger partial charge in [-0.1, -0.05) is 42.5 Å². The molecule has 0 saturated carbocycles. The molecule has 5 heteroatoms. The average molecular weight is 352 g/mol. The average Bonchev–Trinajstić information content (AvgIpc) is 2.67. The van der Waals surface area contributed by atoms with Crippen molar-refractivity contribution in [2.75, 3.05) is 18.4 Å². The largest absolute Gasteiger partial charge is 0.445 e. The van der Waals surface area contributed by atoms with E-state index >= 15 is 0 Å². The molecule has 1 aliphatic rings. The highest BCUT2D eigenvalue weighted by Gasteiger charge is 2.29. The molecule has 0 radical (unpaired) electrons. The van der Waals surface area contributed by atoms with Crippen LogP contribution in [0, 0.1) is 12.8 Å². The van der Waals surface area contributed by atoms with Gasteiger partial charge in [0.25, 0.3) is 0 Å². The lowest BCUT2D eigenvalue weighted by molar-refractivity contribution is -0.121. The Bertz CT molecular complexity index is 761. The fraction of sp³-hybridized carbons (Fsp3) is 0.333. The number of aryl methyl sites for hydroxylation is 1. The molecule has 0 aliphatic carbocycles. The van der Waals surface area contributed by atoms with E-state index in [1.54, 1.807) is 4.90 Å². The number of hydrogen-bond acceptors (Lipinski definition) is 3. The zero-order valence-electron chi connectivity index (χ0n) is 15.0. The maximum atomic E-state index is 12.5. The van der Waals surface area contributed by atoms with E-state index < -0.39 is 0 Å². The van der Waals surface area contributed by atoms with E-state index in [0.717, 1.165) is 29.7 Å². The van der Waals surface area contributed by atoms with Gasteiger partial charge in [0.1, 0.15) is 6.61 Å². The maximum Gasteiger partial charge on any atom is 0.410 e. The first-order valence-corrected chi connectivity index (χ1v) is 8.95. The minimum Gasteiger partial charge on any atom is -0.445 e. The zero-order valence-corrected chi connectivity index (χ0v) is 15.0. The van der Waals surface area contributed by atoms with Crippen LogP contribution in [0.25, 0.3) is 0 Å². The third kappa shape index (κ3) is 4.85. The molecule has 1 heterocycles. The summed E-state index contributed by atoms with van der Waals surface area (Å²) in [6.45, 7) is 3.25. The van der Waals surface area contributed by atoms with Crippen molar-refractivity contribution in [1.82, 2.24) is 4.90 Å². The summed E-state index contributed by atoms with van der Waals surface area (Å²) < 4.78 is 5.38. The molecule has 1 saturated heterocycles. The number of likely N-dealkylation sites (tertiary alicyclic amines) is 1. The molecule has 26 heavy (non-hydrogen) atoms. The van der Waals surface area contributed by atoms with Crippen LogP contribution in [-0.2, 0) is 16.1 Å². The standard InChI is InChI=1S/C21H24N2O3/c1-16-7-5-11-19(13-16)22-20(24)18-10-6-12-23(14-18)21(25)26-15-17-8-3-2-4-9-17/h2-5,7-9,11,13,18H,6,10,12,14-15H2,1H3,(H,22,24). The van der Waals surface area contributed by atoms with Gasteiger partial charge in [-0.15, -0.1) is 0 Å². The highest BCUT2D eigenvalue weighted by Crippen LogP contribution is 2.20. The second-order valence-electron chi connectivity index (χ2n) is 6.68. The van der Waals surface area contributed by atoms with Crippen LogP contribution in [-0.4, -0.2) is 30.0 Å². The third-order valence-corrected chi connectivity index (χ3v) is 4.54. The molecule has 136 valence electrons. The molecule has 5 nitrogen and oxygen atoms in total. The first-order valence-electron chi connectivity index (χ1n) is 8.95. The Morgan fingerprint density at radius 1 is 1.15 bits per heavy atom. The monoisotopic (exact) mass is 352 g/mol. The van der Waals surface area contributed by atoms with Gasteiger partial charge in [-0.25, -0.2) is 4.79 Å². The second-order valence-corrected chi connectivity index (χ2v) is 6.68. The Kier molecular flexibility index (Phi) is 5.89. The third-order valence-electron chi connectivity index (χ3n) is 4.54. The Morgan fingerprint density at radius 3 is 2.73 bits per heavy atom. The number of rotatable bonds is 4. The summed E-state index contributed by atoms with van der Waals surface area (Å²) in [7, 11) is 0. The number of benzene rings is 2. The maximum absolute atomic E-state index is 12.5. The van der Waals surface area contributed by atoms with Crippen molar-refractivity contribution in [2.24, 2.45) is 5.92 Å². The first-order chi connectivity index (χ1) is 12.6. The molecule has 2 aromatic rings. The molecule has 0 aromatic heterocycles. The summed E-state index contributed by atoms with van der Waals surface area (Å²) in [4.78, 5) is 26.5. The topological polar surface area (TPSA) is 58.6 Å². The number of amides is 2. The van der Waals surface area contributed by atoms with Crippen LogP contribution in [0.5, 0.6) is 0 Å². The number of piperidine rings is 1. The minimum atomic E-state index is -0.359. The van der Waals surface area contributed by atoms with E-state index in [1.165, 1.54) is 0 Å². The SMILES string of the molecule is Cc1cccc(NC(=O)C2CCCN(C(=O)OCc3ccccc3)C2)c1. The highest BCUT2D eigenvalue weighted by molar-refractivity contribution is 5.93. The number of hydrogen-bond donors (Lipinski definition) is 1. The van der Waals surface area contributed by atoms with Gasteiger partial charge < -0.3 is 15.0 Å². The van der Waals surface area contributed by atoms with Crippen LogP contribution in [0.1, 0.15) is 24.0 Å². The number of ether oxygens (including phenoxy) is 1. The first kappa shape index (κ1) is 18.0. The van der Waals surface area contributed by atoms with Gasteiger partial charge in [-0.3, -0.25) is 4.79 Å². The van der Waals surface area contributed by atoms with E-state index in [1.807, 2.05) is 61.5 Å². The lowest BCUT2D eigenvalue weighted by atomic mass is 9.97. The lowest BCUT2D eigenvalue weighted by Crippen LogP contribution is -2.44. The molecule has 0 spiro atoms. The van der Waals surface area contributed by atoms with Gasteiger partial charge in [0, 0.05) is 18.8 Å². The summed E-state index contributed by atoms with van der Waals surface area (Å²) in [5.74, 6) is -0.260. The molecule has 1 unspecified atom stereocenters. The van der Waals surface area contributed by atoms with Crippen LogP contribution >= 0.6 is 0 Å². The summed E-state index contributed by atoms with van der Waals surface area (Å²) in [5.41, 5.74) is 2.84. The van der Waals surface area contributed by atoms with Crippen LogP contribution in [0.4, 0.5) is 10.5 Å². The molecule has 0 bridgehead atoms. The van der Waals surface area contributed by atoms with Crippen LogP contribution in [0.15, 0.2) is 54.6 Å². The quantitative estimate of drug-likeness (QED) is 0.905. The second kappa shape index (κ2) is 8.52. The summed E-state index contributed by atoms with van der Waals surface area (Å²) in [6, 6.07) is 17.3. The van der Waals surface area contributed by atoms with Gasteiger partial charge in [-0.2, -0.15) is 0 Å². The van der Waals surface area contributed by atoms with Crippen LogP contribution in [0.2, 0.25) is 0 Å². The minimum absolute atomic E-state index is 0.0452. The van der Waals surface area contributed by atoms with Crippen molar-refractivity contribution in [2.45, 2.75) is 26.4 Å². The van der Waals surface area contributed by atoms with E-state index in [2.05, 4.69) is 5.32 Å². The Labute approximate surface area is 154 Å². The Morgan fingerprint density at radius 2 is 1.96 bits per heavy atom. The Hall–Kier alpha value is -2.82. The van der Waals surface area contributed by atoms with Gasteiger partial charge in [-0.05, 0) is 43.0 Å². The summed E-state index contributed by atoms with van der Waals surface area (Å²) >= 11 is 0. The van der Waals surface area contributed by atoms with E-state index in [4.69, 9.17) is 4.74 Å². The van der Waals surface area contributed by atoms with Crippen molar-refractivity contribution < 1.29 is 14.3 Å². The van der Waals surface area contributed by atoms with E-state index in [0.29, 0.717) is 13.1 Å². The smallest absolute Gasteiger partial charge is 0.410 e. The normalized spacial score (nSPS) is 16.8. The lowest BCUT2D eigenvalue weighted by Gasteiger charge is -2.31. The van der Waals surface area contributed by atoms with Crippen molar-refractivity contribution in [1.29, 1.82) is 0 Å². The van der Waals surface area contributed by atoms with Gasteiger partial charge >= 0.3 is 6.09 Å². The zero-order chi connectivity index (χ0) is 18.4. The fourth-order valence-corrected chi connectivity index (χ4v) is 3.13. The molecule has 1 atom stereocenters. The van der Waals surface area contributed by atoms with Gasteiger partial charge in [0.05, 0.1) is 5.92 Å². The predicted molar refractivity (Wildman–Crippen MR) is 101 cm³/mol. The molecule has 2 aromatic carbocycles. The number of nitrogens with one attached hydrogen (secondary N) is 1. The van der Waals surface area contributed by atoms with Crippen molar-refractivity contribution >= 4 is 17.7 Å². The molecule has 3 rings (SSSR count). The molecule has 2 amide bonds. The summed E-state index contributed by atoms with van der Waals surface area (Å²) in [5, 5.41) is 2.95. The van der Waals surface area contributed by atoms with Gasteiger partial charge in [0.2, 0.25) is 5.91 Å². The van der Waals surface area contributed by atoms with Gasteiger partial charge in [0.15, 0.2) is 0 Å². The predicted octanol–water partition coefficient (Wildman–Crippen LogP) is 3.98. The molecule has 1 fully saturated rings. The fourth-order valence-electron chi connectivity index (χ4n) is 3.13. The van der Waals surface area contributed by atoms with Crippen LogP contribution in [0.3, 0.4) is 0 Å². The highest BCUT2D eigenvalue weighted by atomic mass is 16.6. The van der Waals surface area contributed by atoms with Crippen molar-refractivity contribution in [3.05, 3.63) is 65.7 Å². The summed E-state index contributed by atoms with van der Waals surface area (Å²) in [6.07, 6.45) is 1.22. The number of nitrogens with zero attached hydrogens (tertiary/aromatic N) is 1. The van der Waals surface area contributed by atoms with E-state index in [9.17, 15) is 9.59 Å². The number of carbonyl (C=O) groups excluding carboxylic acids is 2. The van der Waals surface area contributed by atoms with E-state index in [-0.39, 0.29) is 24.5 Å². The molecule has 1 aliphatic heterocycles. The van der Waals surface area contributed by atoms with Crippen LogP contribution < -0.4 is 5.32 Å². The molecule has 1 N–H and O–H groups in total. The molecular formula is C21H24N2O3.